The molecular weight excluding hydrogens is 206 g/mol. The molecule has 0 bridgehead atoms. The van der Waals surface area contributed by atoms with Gasteiger partial charge in [-0.15, -0.1) is 0 Å². The number of hydrogen-bond acceptors (Lipinski definition) is 4. The lowest BCUT2D eigenvalue weighted by Crippen LogP contribution is -2.15. The lowest BCUT2D eigenvalue weighted by molar-refractivity contribution is 0.172. The lowest BCUT2D eigenvalue weighted by atomic mass is 10.1. The van der Waals surface area contributed by atoms with Gasteiger partial charge in [-0.3, -0.25) is 4.98 Å². The van der Waals surface area contributed by atoms with Crippen molar-refractivity contribution in [2.75, 3.05) is 13.2 Å². The Bertz CT molecular complexity index is 539. The Balaban J connectivity index is 2.27. The molecule has 0 unspecified atom stereocenters. The van der Waals surface area contributed by atoms with Crippen LogP contribution in [0.5, 0.6) is 11.5 Å². The fraction of sp³-hybridized carbons (Fsp3) is 0.250. The van der Waals surface area contributed by atoms with E-state index in [1.807, 2.05) is 18.2 Å². The van der Waals surface area contributed by atoms with Crippen molar-refractivity contribution in [3.63, 3.8) is 0 Å². The maximum absolute atomic E-state index is 9.21. The fourth-order valence-corrected chi connectivity index (χ4v) is 1.90. The summed E-state index contributed by atoms with van der Waals surface area (Å²) in [5, 5.41) is 11.1. The predicted octanol–water partition coefficient (Wildman–Crippen LogP) is 1.50. The molecular formula is C12H11NO3. The molecule has 0 saturated heterocycles. The Morgan fingerprint density at radius 2 is 1.94 bits per heavy atom. The van der Waals surface area contributed by atoms with Crippen molar-refractivity contribution in [2.45, 2.75) is 6.61 Å². The summed E-state index contributed by atoms with van der Waals surface area (Å²) in [6.45, 7) is 1.07. The third-order valence-corrected chi connectivity index (χ3v) is 2.66. The van der Waals surface area contributed by atoms with E-state index in [0.29, 0.717) is 18.9 Å². The average Bonchev–Trinajstić information content (AvgIpc) is 2.35. The molecule has 0 aliphatic carbocycles. The standard InChI is InChI=1S/C12H11NO3/c14-7-10-9-6-12-11(15-3-4-16-12)5-8(9)1-2-13-10/h1-2,5-6,14H,3-4,7H2. The number of aromatic nitrogens is 1. The van der Waals surface area contributed by atoms with Crippen LogP contribution in [0.2, 0.25) is 0 Å². The van der Waals surface area contributed by atoms with Crippen molar-refractivity contribution >= 4 is 10.8 Å². The Morgan fingerprint density at radius 3 is 2.69 bits per heavy atom. The van der Waals surface area contributed by atoms with E-state index in [0.717, 1.165) is 22.3 Å². The van der Waals surface area contributed by atoms with Crippen LogP contribution >= 0.6 is 0 Å². The number of aliphatic hydroxyl groups is 1. The number of rotatable bonds is 1. The molecule has 0 spiro atoms. The second kappa shape index (κ2) is 3.64. The molecule has 1 aromatic carbocycles. The monoisotopic (exact) mass is 217 g/mol. The summed E-state index contributed by atoms with van der Waals surface area (Å²) >= 11 is 0. The summed E-state index contributed by atoms with van der Waals surface area (Å²) in [7, 11) is 0. The van der Waals surface area contributed by atoms with Crippen LogP contribution in [0.15, 0.2) is 24.4 Å². The molecule has 1 aliphatic rings. The highest BCUT2D eigenvalue weighted by Gasteiger charge is 2.13. The first kappa shape index (κ1) is 9.42. The number of nitrogens with zero attached hydrogens (tertiary/aromatic N) is 1. The molecule has 0 atom stereocenters. The molecule has 4 nitrogen and oxygen atoms in total. The van der Waals surface area contributed by atoms with E-state index in [9.17, 15) is 5.11 Å². The van der Waals surface area contributed by atoms with Crippen LogP contribution in [0.3, 0.4) is 0 Å². The summed E-state index contributed by atoms with van der Waals surface area (Å²) in [6, 6.07) is 5.69. The maximum atomic E-state index is 9.21. The van der Waals surface area contributed by atoms with Crippen molar-refractivity contribution in [3.8, 4) is 11.5 Å². The highest BCUT2D eigenvalue weighted by atomic mass is 16.6. The molecule has 1 aromatic heterocycles. The Hall–Kier alpha value is -1.81. The molecule has 3 rings (SSSR count). The summed E-state index contributed by atoms with van der Waals surface area (Å²) in [5.74, 6) is 1.48. The van der Waals surface area contributed by atoms with E-state index >= 15 is 0 Å². The average molecular weight is 217 g/mol. The third kappa shape index (κ3) is 1.39. The van der Waals surface area contributed by atoms with E-state index in [-0.39, 0.29) is 6.61 Å². The minimum absolute atomic E-state index is 0.0724. The van der Waals surface area contributed by atoms with Crippen LogP contribution in [-0.2, 0) is 6.61 Å². The van der Waals surface area contributed by atoms with E-state index < -0.39 is 0 Å². The van der Waals surface area contributed by atoms with Crippen molar-refractivity contribution in [1.29, 1.82) is 0 Å². The van der Waals surface area contributed by atoms with Crippen molar-refractivity contribution < 1.29 is 14.6 Å². The Kier molecular flexibility index (Phi) is 2.15. The zero-order valence-corrected chi connectivity index (χ0v) is 8.64. The highest BCUT2D eigenvalue weighted by molar-refractivity contribution is 5.87. The zero-order valence-electron chi connectivity index (χ0n) is 8.64. The van der Waals surface area contributed by atoms with E-state index in [2.05, 4.69) is 4.98 Å². The van der Waals surface area contributed by atoms with Gasteiger partial charge in [-0.25, -0.2) is 0 Å². The molecule has 4 heteroatoms. The molecule has 0 saturated carbocycles. The SMILES string of the molecule is OCc1nccc2cc3c(cc12)OCCO3. The van der Waals surface area contributed by atoms with Crippen LogP contribution in [0.4, 0.5) is 0 Å². The second-order valence-electron chi connectivity index (χ2n) is 3.63. The quantitative estimate of drug-likeness (QED) is 0.786. The van der Waals surface area contributed by atoms with Gasteiger partial charge in [0.2, 0.25) is 0 Å². The number of pyridine rings is 1. The molecule has 0 radical (unpaired) electrons. The first-order valence-corrected chi connectivity index (χ1v) is 5.16. The minimum Gasteiger partial charge on any atom is -0.486 e. The number of ether oxygens (including phenoxy) is 2. The van der Waals surface area contributed by atoms with Gasteiger partial charge in [-0.1, -0.05) is 0 Å². The van der Waals surface area contributed by atoms with Gasteiger partial charge in [-0.05, 0) is 23.6 Å². The van der Waals surface area contributed by atoms with Gasteiger partial charge in [0.1, 0.15) is 13.2 Å². The van der Waals surface area contributed by atoms with E-state index in [1.54, 1.807) is 6.20 Å². The van der Waals surface area contributed by atoms with Gasteiger partial charge in [0.25, 0.3) is 0 Å². The van der Waals surface area contributed by atoms with Gasteiger partial charge in [0, 0.05) is 11.6 Å². The number of aliphatic hydroxyl groups excluding tert-OH is 1. The Labute approximate surface area is 92.4 Å². The van der Waals surface area contributed by atoms with Gasteiger partial charge >= 0.3 is 0 Å². The van der Waals surface area contributed by atoms with Crippen LogP contribution < -0.4 is 9.47 Å². The largest absolute Gasteiger partial charge is 0.486 e. The zero-order chi connectivity index (χ0) is 11.0. The topological polar surface area (TPSA) is 51.6 Å². The van der Waals surface area contributed by atoms with Crippen molar-refractivity contribution in [1.82, 2.24) is 4.98 Å². The van der Waals surface area contributed by atoms with Crippen LogP contribution in [0, 0.1) is 0 Å². The summed E-state index contributed by atoms with van der Waals surface area (Å²) in [6.07, 6.45) is 1.68. The lowest BCUT2D eigenvalue weighted by Gasteiger charge is -2.19. The maximum Gasteiger partial charge on any atom is 0.162 e. The van der Waals surface area contributed by atoms with E-state index in [4.69, 9.17) is 9.47 Å². The first-order valence-electron chi connectivity index (χ1n) is 5.16. The van der Waals surface area contributed by atoms with Crippen LogP contribution in [0.1, 0.15) is 5.69 Å². The number of benzene rings is 1. The molecule has 82 valence electrons. The summed E-state index contributed by atoms with van der Waals surface area (Å²) < 4.78 is 11.0. The van der Waals surface area contributed by atoms with Gasteiger partial charge in [-0.2, -0.15) is 0 Å². The van der Waals surface area contributed by atoms with Gasteiger partial charge < -0.3 is 14.6 Å². The van der Waals surface area contributed by atoms with Crippen molar-refractivity contribution in [3.05, 3.63) is 30.1 Å². The predicted molar refractivity (Wildman–Crippen MR) is 58.7 cm³/mol. The molecule has 0 fully saturated rings. The first-order chi connectivity index (χ1) is 7.88. The Morgan fingerprint density at radius 1 is 1.19 bits per heavy atom. The number of fused-ring (bicyclic) bond motifs is 2. The van der Waals surface area contributed by atoms with Gasteiger partial charge in [0.15, 0.2) is 11.5 Å². The number of hydrogen-bond donors (Lipinski definition) is 1. The van der Waals surface area contributed by atoms with Gasteiger partial charge in [0.05, 0.1) is 12.3 Å². The molecule has 16 heavy (non-hydrogen) atoms. The second-order valence-corrected chi connectivity index (χ2v) is 3.63. The molecule has 1 aliphatic heterocycles. The third-order valence-electron chi connectivity index (χ3n) is 2.66. The van der Waals surface area contributed by atoms with Crippen LogP contribution in [0.25, 0.3) is 10.8 Å². The van der Waals surface area contributed by atoms with Crippen LogP contribution in [-0.4, -0.2) is 23.3 Å². The minimum atomic E-state index is -0.0724. The van der Waals surface area contributed by atoms with Crippen molar-refractivity contribution in [2.24, 2.45) is 0 Å². The van der Waals surface area contributed by atoms with E-state index in [1.165, 1.54) is 0 Å². The summed E-state index contributed by atoms with van der Waals surface area (Å²) in [5.41, 5.74) is 0.662. The molecule has 2 aromatic rings. The fourth-order valence-electron chi connectivity index (χ4n) is 1.90. The normalized spacial score (nSPS) is 14.1. The summed E-state index contributed by atoms with van der Waals surface area (Å²) in [4.78, 5) is 4.13. The molecule has 2 heterocycles. The smallest absolute Gasteiger partial charge is 0.162 e. The molecule has 0 amide bonds. The highest BCUT2D eigenvalue weighted by Crippen LogP contribution is 2.35. The molecule has 1 N–H and O–H groups in total.